The van der Waals surface area contributed by atoms with E-state index in [0.717, 1.165) is 11.3 Å². The van der Waals surface area contributed by atoms with Crippen LogP contribution in [0.15, 0.2) is 48.7 Å². The molecule has 1 aromatic heterocycles. The summed E-state index contributed by atoms with van der Waals surface area (Å²) >= 11 is 0. The number of benzene rings is 1. The fourth-order valence-electron chi connectivity index (χ4n) is 1.81. The zero-order valence-electron chi connectivity index (χ0n) is 11.7. The molecule has 1 N–H and O–H groups in total. The van der Waals surface area contributed by atoms with E-state index in [-0.39, 0.29) is 18.3 Å². The summed E-state index contributed by atoms with van der Waals surface area (Å²) in [4.78, 5) is 27.2. The van der Waals surface area contributed by atoms with Gasteiger partial charge in [0.05, 0.1) is 19.1 Å². The van der Waals surface area contributed by atoms with Crippen LogP contribution in [0, 0.1) is 0 Å². The smallest absolute Gasteiger partial charge is 0.337 e. The Balaban J connectivity index is 1.85. The predicted octanol–water partition coefficient (Wildman–Crippen LogP) is 1.73. The quantitative estimate of drug-likeness (QED) is 0.849. The lowest BCUT2D eigenvalue weighted by atomic mass is 10.1. The van der Waals surface area contributed by atoms with E-state index in [0.29, 0.717) is 12.1 Å². The van der Waals surface area contributed by atoms with Gasteiger partial charge in [-0.15, -0.1) is 0 Å². The molecule has 21 heavy (non-hydrogen) atoms. The molecular formula is C16H16N2O3. The number of esters is 1. The topological polar surface area (TPSA) is 68.3 Å². The third-order valence-corrected chi connectivity index (χ3v) is 2.93. The van der Waals surface area contributed by atoms with Crippen LogP contribution in [0.3, 0.4) is 0 Å². The van der Waals surface area contributed by atoms with Gasteiger partial charge in [0.15, 0.2) is 0 Å². The summed E-state index contributed by atoms with van der Waals surface area (Å²) in [5.41, 5.74) is 2.13. The van der Waals surface area contributed by atoms with Gasteiger partial charge in [0.25, 0.3) is 0 Å². The number of pyridine rings is 1. The van der Waals surface area contributed by atoms with E-state index >= 15 is 0 Å². The van der Waals surface area contributed by atoms with E-state index in [1.54, 1.807) is 30.5 Å². The van der Waals surface area contributed by atoms with Crippen molar-refractivity contribution in [3.8, 4) is 0 Å². The second kappa shape index (κ2) is 7.19. The van der Waals surface area contributed by atoms with Gasteiger partial charge in [0.1, 0.15) is 0 Å². The highest BCUT2D eigenvalue weighted by molar-refractivity contribution is 5.89. The number of hydrogen-bond donors (Lipinski definition) is 1. The van der Waals surface area contributed by atoms with Crippen LogP contribution in [0.4, 0.5) is 0 Å². The molecule has 5 nitrogen and oxygen atoms in total. The molecule has 1 aromatic carbocycles. The number of hydrogen-bond acceptors (Lipinski definition) is 4. The third kappa shape index (κ3) is 4.42. The molecule has 0 saturated heterocycles. The number of carbonyl (C=O) groups is 2. The molecule has 0 atom stereocenters. The van der Waals surface area contributed by atoms with Crippen LogP contribution >= 0.6 is 0 Å². The fraction of sp³-hybridized carbons (Fsp3) is 0.188. The minimum absolute atomic E-state index is 0.0919. The molecule has 1 amide bonds. The van der Waals surface area contributed by atoms with Crippen molar-refractivity contribution in [3.05, 3.63) is 65.5 Å². The Morgan fingerprint density at radius 1 is 1.14 bits per heavy atom. The first kappa shape index (κ1) is 14.7. The van der Waals surface area contributed by atoms with Crippen molar-refractivity contribution >= 4 is 11.9 Å². The Morgan fingerprint density at radius 2 is 1.90 bits per heavy atom. The van der Waals surface area contributed by atoms with Crippen molar-refractivity contribution in [1.82, 2.24) is 10.3 Å². The zero-order chi connectivity index (χ0) is 15.1. The molecule has 2 rings (SSSR count). The van der Waals surface area contributed by atoms with Crippen LogP contribution in [0.1, 0.15) is 21.6 Å². The molecule has 2 aromatic rings. The average molecular weight is 284 g/mol. The van der Waals surface area contributed by atoms with Crippen molar-refractivity contribution < 1.29 is 14.3 Å². The number of ether oxygens (including phenoxy) is 1. The van der Waals surface area contributed by atoms with Crippen molar-refractivity contribution in [3.63, 3.8) is 0 Å². The monoisotopic (exact) mass is 284 g/mol. The molecule has 0 saturated carbocycles. The van der Waals surface area contributed by atoms with Gasteiger partial charge in [-0.3, -0.25) is 9.78 Å². The number of rotatable bonds is 5. The number of nitrogens with one attached hydrogen (secondary N) is 1. The lowest BCUT2D eigenvalue weighted by Gasteiger charge is -2.06. The van der Waals surface area contributed by atoms with Gasteiger partial charge >= 0.3 is 5.97 Å². The van der Waals surface area contributed by atoms with Crippen LogP contribution < -0.4 is 5.32 Å². The van der Waals surface area contributed by atoms with E-state index in [1.165, 1.54) is 7.11 Å². The summed E-state index contributed by atoms with van der Waals surface area (Å²) < 4.78 is 4.63. The van der Waals surface area contributed by atoms with Crippen molar-refractivity contribution in [2.75, 3.05) is 7.11 Å². The lowest BCUT2D eigenvalue weighted by molar-refractivity contribution is -0.120. The summed E-state index contributed by atoms with van der Waals surface area (Å²) in [6, 6.07) is 12.4. The molecule has 0 spiro atoms. The van der Waals surface area contributed by atoms with Crippen molar-refractivity contribution in [2.45, 2.75) is 13.0 Å². The van der Waals surface area contributed by atoms with Crippen LogP contribution in [0.5, 0.6) is 0 Å². The van der Waals surface area contributed by atoms with Crippen LogP contribution in [0.2, 0.25) is 0 Å². The molecule has 0 bridgehead atoms. The second-order valence-electron chi connectivity index (χ2n) is 4.46. The minimum Gasteiger partial charge on any atom is -0.465 e. The van der Waals surface area contributed by atoms with E-state index in [4.69, 9.17) is 0 Å². The SMILES string of the molecule is COC(=O)c1ccc(CNC(=O)Cc2ccccn2)cc1. The number of methoxy groups -OCH3 is 1. The van der Waals surface area contributed by atoms with E-state index < -0.39 is 0 Å². The van der Waals surface area contributed by atoms with Gasteiger partial charge < -0.3 is 10.1 Å². The molecule has 0 aliphatic rings. The normalized spacial score (nSPS) is 9.95. The van der Waals surface area contributed by atoms with Gasteiger partial charge in [0.2, 0.25) is 5.91 Å². The molecule has 5 heteroatoms. The highest BCUT2D eigenvalue weighted by Gasteiger charge is 2.06. The fourth-order valence-corrected chi connectivity index (χ4v) is 1.81. The van der Waals surface area contributed by atoms with E-state index in [9.17, 15) is 9.59 Å². The molecule has 0 aliphatic carbocycles. The van der Waals surface area contributed by atoms with E-state index in [2.05, 4.69) is 15.0 Å². The number of aromatic nitrogens is 1. The van der Waals surface area contributed by atoms with Crippen LogP contribution in [-0.2, 0) is 22.5 Å². The Morgan fingerprint density at radius 3 is 2.52 bits per heavy atom. The van der Waals surface area contributed by atoms with Crippen LogP contribution in [-0.4, -0.2) is 24.0 Å². The third-order valence-electron chi connectivity index (χ3n) is 2.93. The summed E-state index contributed by atoms with van der Waals surface area (Å²) in [6.07, 6.45) is 1.91. The highest BCUT2D eigenvalue weighted by atomic mass is 16.5. The lowest BCUT2D eigenvalue weighted by Crippen LogP contribution is -2.24. The summed E-state index contributed by atoms with van der Waals surface area (Å²) in [7, 11) is 1.34. The Hall–Kier alpha value is -2.69. The molecule has 0 aliphatic heterocycles. The maximum absolute atomic E-state index is 11.8. The first-order chi connectivity index (χ1) is 10.2. The molecule has 0 fully saturated rings. The number of nitrogens with zero attached hydrogens (tertiary/aromatic N) is 1. The van der Waals surface area contributed by atoms with Crippen molar-refractivity contribution in [2.24, 2.45) is 0 Å². The minimum atomic E-state index is -0.374. The zero-order valence-corrected chi connectivity index (χ0v) is 11.7. The van der Waals surface area contributed by atoms with Gasteiger partial charge in [0, 0.05) is 18.4 Å². The predicted molar refractivity (Wildman–Crippen MR) is 77.6 cm³/mol. The number of carbonyl (C=O) groups excluding carboxylic acids is 2. The Bertz CT molecular complexity index is 609. The van der Waals surface area contributed by atoms with E-state index in [1.807, 2.05) is 18.2 Å². The second-order valence-corrected chi connectivity index (χ2v) is 4.46. The van der Waals surface area contributed by atoms with Gasteiger partial charge in [-0.25, -0.2) is 4.79 Å². The Kier molecular flexibility index (Phi) is 5.04. The first-order valence-electron chi connectivity index (χ1n) is 6.53. The maximum Gasteiger partial charge on any atom is 0.337 e. The van der Waals surface area contributed by atoms with Gasteiger partial charge in [-0.2, -0.15) is 0 Å². The molecule has 1 heterocycles. The standard InChI is InChI=1S/C16H16N2O3/c1-21-16(20)13-7-5-12(6-8-13)11-18-15(19)10-14-4-2-3-9-17-14/h2-9H,10-11H2,1H3,(H,18,19). The largest absolute Gasteiger partial charge is 0.465 e. The Labute approximate surface area is 123 Å². The molecule has 108 valence electrons. The van der Waals surface area contributed by atoms with Crippen molar-refractivity contribution in [1.29, 1.82) is 0 Å². The molecule has 0 unspecified atom stereocenters. The van der Waals surface area contributed by atoms with Gasteiger partial charge in [-0.05, 0) is 29.8 Å². The summed E-state index contributed by atoms with van der Waals surface area (Å²) in [5, 5.41) is 2.81. The molecular weight excluding hydrogens is 268 g/mol. The average Bonchev–Trinajstić information content (AvgIpc) is 2.53. The van der Waals surface area contributed by atoms with Crippen LogP contribution in [0.25, 0.3) is 0 Å². The summed E-state index contributed by atoms with van der Waals surface area (Å²) in [6.45, 7) is 0.410. The van der Waals surface area contributed by atoms with Gasteiger partial charge in [-0.1, -0.05) is 18.2 Å². The summed E-state index contributed by atoms with van der Waals surface area (Å²) in [5.74, 6) is -0.466. The number of amides is 1. The first-order valence-corrected chi connectivity index (χ1v) is 6.53. The highest BCUT2D eigenvalue weighted by Crippen LogP contribution is 2.05. The molecule has 0 radical (unpaired) electrons. The maximum atomic E-state index is 11.8.